The fraction of sp³-hybridized carbons (Fsp3) is 0.875. The molecule has 4 heteroatoms. The highest BCUT2D eigenvalue weighted by atomic mass is 16.5. The van der Waals surface area contributed by atoms with Crippen molar-refractivity contribution in [3.63, 3.8) is 0 Å². The second kappa shape index (κ2) is 8.42. The van der Waals surface area contributed by atoms with Crippen LogP contribution < -0.4 is 0 Å². The molecular formula is C32H50O4. The number of carbonyl (C=O) groups is 2. The Kier molecular flexibility index (Phi) is 6.18. The lowest BCUT2D eigenvalue weighted by molar-refractivity contribution is -0.236. The van der Waals surface area contributed by atoms with Crippen molar-refractivity contribution in [2.24, 2.45) is 56.7 Å². The SMILES string of the molecule is C=C(COC(C)=O)[C@@H]1CC[C@]2(CO)CC[C@]3(C)C(CC[C@H]4C3(C)CC[C@H]3C(C)(C)C(=O)CC[C@@]34C)[C@@H]12. The van der Waals surface area contributed by atoms with Crippen LogP contribution in [0.4, 0.5) is 0 Å². The van der Waals surface area contributed by atoms with Crippen molar-refractivity contribution in [2.45, 2.75) is 106 Å². The summed E-state index contributed by atoms with van der Waals surface area (Å²) in [4.78, 5) is 24.5. The van der Waals surface area contributed by atoms with Crippen molar-refractivity contribution in [1.29, 1.82) is 0 Å². The molecule has 0 amide bonds. The Labute approximate surface area is 219 Å². The average Bonchev–Trinajstić information content (AvgIpc) is 3.21. The first-order chi connectivity index (χ1) is 16.8. The Morgan fingerprint density at radius 1 is 0.944 bits per heavy atom. The molecule has 202 valence electrons. The number of rotatable bonds is 4. The molecule has 4 nitrogen and oxygen atoms in total. The third-order valence-electron chi connectivity index (χ3n) is 13.7. The minimum absolute atomic E-state index is 0.0163. The number of hydrogen-bond donors (Lipinski definition) is 1. The summed E-state index contributed by atoms with van der Waals surface area (Å²) in [7, 11) is 0. The van der Waals surface area contributed by atoms with Crippen molar-refractivity contribution in [3.8, 4) is 0 Å². The van der Waals surface area contributed by atoms with Gasteiger partial charge in [0.05, 0.1) is 0 Å². The van der Waals surface area contributed by atoms with Crippen LogP contribution in [0.2, 0.25) is 0 Å². The summed E-state index contributed by atoms with van der Waals surface area (Å²) in [5.74, 6) is 2.63. The summed E-state index contributed by atoms with van der Waals surface area (Å²) in [6.07, 6.45) is 11.0. The number of Topliss-reactive ketones (excluding diaryl/α,β-unsaturated/α-hetero) is 1. The predicted molar refractivity (Wildman–Crippen MR) is 142 cm³/mol. The van der Waals surface area contributed by atoms with E-state index in [1.807, 2.05) is 0 Å². The fourth-order valence-corrected chi connectivity index (χ4v) is 11.6. The molecule has 5 rings (SSSR count). The maximum absolute atomic E-state index is 13.0. The van der Waals surface area contributed by atoms with Crippen molar-refractivity contribution in [2.75, 3.05) is 13.2 Å². The third-order valence-corrected chi connectivity index (χ3v) is 13.7. The molecule has 36 heavy (non-hydrogen) atoms. The van der Waals surface area contributed by atoms with Gasteiger partial charge < -0.3 is 9.84 Å². The van der Waals surface area contributed by atoms with E-state index in [-0.39, 0.29) is 39.7 Å². The van der Waals surface area contributed by atoms with Crippen LogP contribution in [0.3, 0.4) is 0 Å². The molecule has 0 aromatic heterocycles. The number of aliphatic hydroxyl groups is 1. The van der Waals surface area contributed by atoms with E-state index in [1.54, 1.807) is 0 Å². The molecule has 0 aliphatic heterocycles. The number of ketones is 1. The van der Waals surface area contributed by atoms with Crippen LogP contribution in [0.1, 0.15) is 106 Å². The average molecular weight is 499 g/mol. The summed E-state index contributed by atoms with van der Waals surface area (Å²) >= 11 is 0. The summed E-state index contributed by atoms with van der Waals surface area (Å²) < 4.78 is 5.40. The highest BCUT2D eigenvalue weighted by Gasteiger charge is 2.70. The molecule has 0 radical (unpaired) electrons. The topological polar surface area (TPSA) is 63.6 Å². The van der Waals surface area contributed by atoms with E-state index >= 15 is 0 Å². The number of aliphatic hydroxyl groups excluding tert-OH is 1. The molecule has 0 spiro atoms. The van der Waals surface area contributed by atoms with Crippen molar-refractivity contribution >= 4 is 11.8 Å². The van der Waals surface area contributed by atoms with E-state index in [2.05, 4.69) is 41.2 Å². The Balaban J connectivity index is 1.50. The lowest BCUT2D eigenvalue weighted by Crippen LogP contribution is -2.66. The number of hydrogen-bond acceptors (Lipinski definition) is 4. The van der Waals surface area contributed by atoms with Crippen LogP contribution in [0.5, 0.6) is 0 Å². The van der Waals surface area contributed by atoms with Gasteiger partial charge in [-0.05, 0) is 115 Å². The van der Waals surface area contributed by atoms with Crippen LogP contribution in [0.15, 0.2) is 12.2 Å². The minimum atomic E-state index is -0.247. The molecule has 1 N–H and O–H groups in total. The lowest BCUT2D eigenvalue weighted by Gasteiger charge is -2.72. The van der Waals surface area contributed by atoms with Gasteiger partial charge in [-0.1, -0.05) is 41.2 Å². The number of esters is 1. The molecule has 5 fully saturated rings. The first kappa shape index (κ1) is 26.4. The standard InChI is InChI=1S/C32H50O4/c1-20(18-36-21(2)34)22-10-15-32(19-33)17-16-30(6)23(27(22)32)8-9-25-29(5)13-12-26(35)28(3,4)24(29)11-14-31(25,30)7/h22-25,27,33H,1,8-19H2,2-7H3/t22-,23?,24-,25+,27+,29-,30+,31?,32+/m0/s1. The van der Waals surface area contributed by atoms with Gasteiger partial charge in [-0.15, -0.1) is 0 Å². The molecule has 5 aliphatic rings. The fourth-order valence-electron chi connectivity index (χ4n) is 11.6. The molecular weight excluding hydrogens is 448 g/mol. The van der Waals surface area contributed by atoms with Gasteiger partial charge in [-0.3, -0.25) is 9.59 Å². The second-order valence-electron chi connectivity index (χ2n) is 14.9. The maximum Gasteiger partial charge on any atom is 0.302 e. The van der Waals surface area contributed by atoms with Gasteiger partial charge in [0.2, 0.25) is 0 Å². The summed E-state index contributed by atoms with van der Waals surface area (Å²) in [5.41, 5.74) is 1.49. The van der Waals surface area contributed by atoms with Gasteiger partial charge in [0, 0.05) is 25.4 Å². The smallest absolute Gasteiger partial charge is 0.302 e. The van der Waals surface area contributed by atoms with Crippen LogP contribution in [-0.2, 0) is 14.3 Å². The molecule has 0 saturated heterocycles. The Bertz CT molecular complexity index is 952. The zero-order valence-electron chi connectivity index (χ0n) is 23.8. The summed E-state index contributed by atoms with van der Waals surface area (Å²) in [6, 6.07) is 0. The molecule has 0 heterocycles. The van der Waals surface area contributed by atoms with Gasteiger partial charge >= 0.3 is 5.97 Å². The third kappa shape index (κ3) is 3.34. The molecule has 0 aromatic carbocycles. The molecule has 0 aromatic rings. The normalized spacial score (nSPS) is 49.3. The zero-order chi connectivity index (χ0) is 26.3. The largest absolute Gasteiger partial charge is 0.461 e. The van der Waals surface area contributed by atoms with Crippen LogP contribution >= 0.6 is 0 Å². The first-order valence-corrected chi connectivity index (χ1v) is 14.7. The van der Waals surface area contributed by atoms with E-state index < -0.39 is 0 Å². The van der Waals surface area contributed by atoms with Gasteiger partial charge in [-0.25, -0.2) is 0 Å². The molecule has 0 bridgehead atoms. The van der Waals surface area contributed by atoms with Crippen molar-refractivity contribution in [3.05, 3.63) is 12.2 Å². The number of ether oxygens (including phenoxy) is 1. The highest BCUT2D eigenvalue weighted by molar-refractivity contribution is 5.85. The quantitative estimate of drug-likeness (QED) is 0.344. The van der Waals surface area contributed by atoms with Gasteiger partial charge in [0.1, 0.15) is 12.4 Å². The minimum Gasteiger partial charge on any atom is -0.461 e. The Morgan fingerprint density at radius 3 is 2.33 bits per heavy atom. The number of carbonyl (C=O) groups excluding carboxylic acids is 2. The second-order valence-corrected chi connectivity index (χ2v) is 14.9. The molecule has 5 saturated carbocycles. The van der Waals surface area contributed by atoms with E-state index in [0.29, 0.717) is 42.0 Å². The van der Waals surface area contributed by atoms with Crippen LogP contribution in [0.25, 0.3) is 0 Å². The number of fused-ring (bicyclic) bond motifs is 7. The van der Waals surface area contributed by atoms with Crippen LogP contribution in [0, 0.1) is 56.7 Å². The molecule has 2 unspecified atom stereocenters. The molecule has 9 atom stereocenters. The lowest BCUT2D eigenvalue weighted by atomic mass is 9.32. The van der Waals surface area contributed by atoms with E-state index in [1.165, 1.54) is 32.6 Å². The van der Waals surface area contributed by atoms with E-state index in [4.69, 9.17) is 4.74 Å². The van der Waals surface area contributed by atoms with E-state index in [0.717, 1.165) is 44.1 Å². The summed E-state index contributed by atoms with van der Waals surface area (Å²) in [6.45, 7) is 18.7. The maximum atomic E-state index is 13.0. The van der Waals surface area contributed by atoms with Crippen molar-refractivity contribution < 1.29 is 19.4 Å². The Hall–Kier alpha value is -1.16. The van der Waals surface area contributed by atoms with E-state index in [9.17, 15) is 14.7 Å². The summed E-state index contributed by atoms with van der Waals surface area (Å²) in [5, 5.41) is 10.8. The monoisotopic (exact) mass is 498 g/mol. The first-order valence-electron chi connectivity index (χ1n) is 14.7. The van der Waals surface area contributed by atoms with Gasteiger partial charge in [0.25, 0.3) is 0 Å². The zero-order valence-corrected chi connectivity index (χ0v) is 23.8. The van der Waals surface area contributed by atoms with Gasteiger partial charge in [-0.2, -0.15) is 0 Å². The Morgan fingerprint density at radius 2 is 1.67 bits per heavy atom. The van der Waals surface area contributed by atoms with Gasteiger partial charge in [0.15, 0.2) is 0 Å². The highest BCUT2D eigenvalue weighted by Crippen LogP contribution is 2.77. The predicted octanol–water partition coefficient (Wildman–Crippen LogP) is 6.75. The van der Waals surface area contributed by atoms with Crippen LogP contribution in [-0.4, -0.2) is 30.1 Å². The van der Waals surface area contributed by atoms with Crippen molar-refractivity contribution in [1.82, 2.24) is 0 Å². The molecule has 5 aliphatic carbocycles.